The topological polar surface area (TPSA) is 21.3 Å². The van der Waals surface area contributed by atoms with Crippen LogP contribution in [0.1, 0.15) is 25.0 Å². The van der Waals surface area contributed by atoms with Crippen LogP contribution in [0.5, 0.6) is 0 Å². The van der Waals surface area contributed by atoms with Crippen LogP contribution in [0.25, 0.3) is 93.2 Å². The van der Waals surface area contributed by atoms with E-state index in [2.05, 4.69) is 217 Å². The molecule has 0 unspecified atom stereocenters. The van der Waals surface area contributed by atoms with Gasteiger partial charge in [0.15, 0.2) is 0 Å². The fraction of sp³-hybridized carbons (Fsp3) is 0.0526. The normalized spacial score (nSPS) is 13.3. The quantitative estimate of drug-likeness (QED) is 0.163. The lowest BCUT2D eigenvalue weighted by atomic mass is 9.82. The molecule has 3 heteroatoms. The van der Waals surface area contributed by atoms with Gasteiger partial charge >= 0.3 is 0 Å². The van der Waals surface area contributed by atoms with Crippen LogP contribution >= 0.6 is 0 Å². The monoisotopic (exact) mass is 766 g/mol. The molecule has 13 rings (SSSR count). The average molecular weight is 767 g/mol. The van der Waals surface area contributed by atoms with Gasteiger partial charge in [-0.1, -0.05) is 135 Å². The number of anilines is 3. The second-order valence-electron chi connectivity index (χ2n) is 16.9. The maximum atomic E-state index is 6.47. The van der Waals surface area contributed by atoms with Crippen LogP contribution in [0.3, 0.4) is 0 Å². The van der Waals surface area contributed by atoms with Crippen molar-refractivity contribution in [2.24, 2.45) is 0 Å². The van der Waals surface area contributed by atoms with Crippen LogP contribution in [-0.2, 0) is 5.41 Å². The second kappa shape index (κ2) is 12.2. The number of para-hydroxylation sites is 2. The maximum absolute atomic E-state index is 6.47. The minimum absolute atomic E-state index is 0.136. The average Bonchev–Trinajstić information content (AvgIpc) is 3.92. The van der Waals surface area contributed by atoms with E-state index in [0.29, 0.717) is 0 Å². The van der Waals surface area contributed by atoms with E-state index in [4.69, 9.17) is 4.42 Å². The molecule has 0 saturated carbocycles. The highest BCUT2D eigenvalue weighted by molar-refractivity contribution is 6.35. The molecule has 0 spiro atoms. The first-order chi connectivity index (χ1) is 29.5. The van der Waals surface area contributed by atoms with Crippen molar-refractivity contribution >= 4 is 82.4 Å². The summed E-state index contributed by atoms with van der Waals surface area (Å²) in [5, 5.41) is 9.74. The van der Waals surface area contributed by atoms with E-state index in [9.17, 15) is 0 Å². The molecule has 0 bridgehead atoms. The Balaban J connectivity index is 1.02. The van der Waals surface area contributed by atoms with Crippen LogP contribution in [0, 0.1) is 0 Å². The van der Waals surface area contributed by atoms with Crippen LogP contribution < -0.4 is 4.90 Å². The fourth-order valence-corrected chi connectivity index (χ4v) is 10.6. The van der Waals surface area contributed by atoms with Gasteiger partial charge in [-0.2, -0.15) is 0 Å². The van der Waals surface area contributed by atoms with Gasteiger partial charge in [0.25, 0.3) is 0 Å². The Morgan fingerprint density at radius 1 is 0.417 bits per heavy atom. The number of hydrogen-bond acceptors (Lipinski definition) is 2. The molecule has 60 heavy (non-hydrogen) atoms. The lowest BCUT2D eigenvalue weighted by Crippen LogP contribution is -2.16. The number of benzene rings is 10. The molecule has 0 amide bonds. The lowest BCUT2D eigenvalue weighted by molar-refractivity contribution is 0.660. The Kier molecular flexibility index (Phi) is 6.78. The van der Waals surface area contributed by atoms with E-state index in [1.807, 2.05) is 0 Å². The molecule has 0 radical (unpaired) electrons. The zero-order chi connectivity index (χ0) is 39.7. The van der Waals surface area contributed by atoms with Crippen LogP contribution in [0.2, 0.25) is 0 Å². The van der Waals surface area contributed by atoms with Crippen molar-refractivity contribution in [2.45, 2.75) is 19.3 Å². The predicted octanol–water partition coefficient (Wildman–Crippen LogP) is 15.9. The minimum Gasteiger partial charge on any atom is -0.456 e. The first-order valence-corrected chi connectivity index (χ1v) is 20.8. The predicted molar refractivity (Wildman–Crippen MR) is 252 cm³/mol. The molecule has 2 aromatic heterocycles. The van der Waals surface area contributed by atoms with Crippen LogP contribution in [-0.4, -0.2) is 4.57 Å². The molecule has 1 aliphatic carbocycles. The van der Waals surface area contributed by atoms with Gasteiger partial charge in [0.05, 0.1) is 16.7 Å². The number of fused-ring (bicyclic) bond motifs is 9. The molecule has 0 aliphatic heterocycles. The summed E-state index contributed by atoms with van der Waals surface area (Å²) in [6.07, 6.45) is 0. The summed E-state index contributed by atoms with van der Waals surface area (Å²) in [7, 11) is 0. The number of rotatable bonds is 5. The Bertz CT molecular complexity index is 3680. The smallest absolute Gasteiger partial charge is 0.136 e. The summed E-state index contributed by atoms with van der Waals surface area (Å²) >= 11 is 0. The van der Waals surface area contributed by atoms with Crippen molar-refractivity contribution in [3.63, 3.8) is 0 Å². The molecule has 0 atom stereocenters. The van der Waals surface area contributed by atoms with E-state index in [1.165, 1.54) is 93.2 Å². The van der Waals surface area contributed by atoms with E-state index in [1.54, 1.807) is 0 Å². The minimum atomic E-state index is -0.136. The molecule has 0 fully saturated rings. The highest BCUT2D eigenvalue weighted by Crippen LogP contribution is 2.52. The maximum Gasteiger partial charge on any atom is 0.136 e. The molecule has 10 aromatic carbocycles. The molecular weight excluding hydrogens is 729 g/mol. The Morgan fingerprint density at radius 2 is 1.03 bits per heavy atom. The number of hydrogen-bond donors (Lipinski definition) is 0. The van der Waals surface area contributed by atoms with E-state index < -0.39 is 0 Å². The summed E-state index contributed by atoms with van der Waals surface area (Å²) in [5.41, 5.74) is 16.4. The van der Waals surface area contributed by atoms with E-state index >= 15 is 0 Å². The highest BCUT2D eigenvalue weighted by Gasteiger charge is 2.36. The highest BCUT2D eigenvalue weighted by atomic mass is 16.3. The van der Waals surface area contributed by atoms with Crippen molar-refractivity contribution in [3.05, 3.63) is 205 Å². The molecular formula is C57H38N2O. The largest absolute Gasteiger partial charge is 0.456 e. The number of aromatic nitrogens is 1. The van der Waals surface area contributed by atoms with Crippen molar-refractivity contribution < 1.29 is 4.42 Å². The summed E-state index contributed by atoms with van der Waals surface area (Å²) in [6, 6.07) is 71.2. The third-order valence-corrected chi connectivity index (χ3v) is 13.3. The fourth-order valence-electron chi connectivity index (χ4n) is 10.6. The van der Waals surface area contributed by atoms with Gasteiger partial charge in [-0.3, -0.25) is 0 Å². The van der Waals surface area contributed by atoms with Crippen molar-refractivity contribution in [1.29, 1.82) is 0 Å². The molecule has 3 nitrogen and oxygen atoms in total. The van der Waals surface area contributed by atoms with Gasteiger partial charge in [0.1, 0.15) is 11.2 Å². The van der Waals surface area contributed by atoms with Gasteiger partial charge in [0, 0.05) is 49.4 Å². The summed E-state index contributed by atoms with van der Waals surface area (Å²) < 4.78 is 8.85. The van der Waals surface area contributed by atoms with Crippen molar-refractivity contribution in [3.8, 4) is 27.9 Å². The summed E-state index contributed by atoms with van der Waals surface area (Å²) in [4.78, 5) is 2.47. The van der Waals surface area contributed by atoms with Gasteiger partial charge in [-0.15, -0.1) is 0 Å². The van der Waals surface area contributed by atoms with Gasteiger partial charge in [-0.25, -0.2) is 0 Å². The van der Waals surface area contributed by atoms with Crippen molar-refractivity contribution in [2.75, 3.05) is 4.90 Å². The lowest BCUT2D eigenvalue weighted by Gasteiger charge is -2.29. The summed E-state index contributed by atoms with van der Waals surface area (Å²) in [5.74, 6) is 0. The Morgan fingerprint density at radius 3 is 1.87 bits per heavy atom. The molecule has 1 aliphatic rings. The van der Waals surface area contributed by atoms with Gasteiger partial charge < -0.3 is 13.9 Å². The van der Waals surface area contributed by atoms with E-state index in [0.717, 1.165) is 28.2 Å². The molecule has 282 valence electrons. The Hall–Kier alpha value is -7.62. The molecule has 0 N–H and O–H groups in total. The van der Waals surface area contributed by atoms with E-state index in [-0.39, 0.29) is 5.41 Å². The third-order valence-electron chi connectivity index (χ3n) is 13.3. The van der Waals surface area contributed by atoms with Crippen LogP contribution in [0.15, 0.2) is 199 Å². The number of furan rings is 1. The first kappa shape index (κ1) is 33.4. The van der Waals surface area contributed by atoms with Gasteiger partial charge in [0.2, 0.25) is 0 Å². The number of nitrogens with zero attached hydrogens (tertiary/aromatic N) is 2. The molecule has 12 aromatic rings. The summed E-state index contributed by atoms with van der Waals surface area (Å²) in [6.45, 7) is 4.72. The first-order valence-electron chi connectivity index (χ1n) is 20.8. The van der Waals surface area contributed by atoms with Gasteiger partial charge in [-0.05, 0) is 122 Å². The SMILES string of the molecule is CC1(C)c2ccccc2-c2ccc(N(c3ccc(-c4ccc5c(c4)c4ccccc4n5-c4ccccc4)cc3)c3cccc4c5cccc6oc7cccc(c34)c7c65)cc21. The third kappa shape index (κ3) is 4.55. The van der Waals surface area contributed by atoms with Crippen LogP contribution in [0.4, 0.5) is 17.1 Å². The zero-order valence-electron chi connectivity index (χ0n) is 33.3. The Labute approximate surface area is 347 Å². The molecule has 0 saturated heterocycles. The zero-order valence-corrected chi connectivity index (χ0v) is 33.3. The molecule has 2 heterocycles. The second-order valence-corrected chi connectivity index (χ2v) is 16.9. The standard InChI is InChI=1S/C57H38N2O/c1-57(2)47-20-8-6-15-40(47)41-31-30-39(34-48(41)57)58(51-22-10-17-43-44-18-11-23-52-55(44)56-45(54(43)51)19-12-24-53(56)60-52)38-28-25-35(26-29-38)36-27-32-50-46(33-36)42-16-7-9-21-49(42)59(50)37-13-4-3-5-14-37/h3-34H,1-2H3. The van der Waals surface area contributed by atoms with Crippen molar-refractivity contribution in [1.82, 2.24) is 4.57 Å².